The molecule has 2 aromatic rings. The van der Waals surface area contributed by atoms with E-state index in [1.807, 2.05) is 4.40 Å². The summed E-state index contributed by atoms with van der Waals surface area (Å²) in [4.78, 5) is 15.1. The summed E-state index contributed by atoms with van der Waals surface area (Å²) >= 11 is 0. The topological polar surface area (TPSA) is 54.6 Å². The maximum absolute atomic E-state index is 10.8. The third-order valence-corrected chi connectivity index (χ3v) is 2.75. The highest BCUT2D eigenvalue weighted by Gasteiger charge is 2.27. The summed E-state index contributed by atoms with van der Waals surface area (Å²) in [5.41, 5.74) is 1.17. The Hall–Kier alpha value is -1.84. The molecule has 0 spiro atoms. The first-order valence-corrected chi connectivity index (χ1v) is 4.96. The van der Waals surface area contributed by atoms with Gasteiger partial charge in [-0.1, -0.05) is 0 Å². The van der Waals surface area contributed by atoms with Crippen LogP contribution in [0.1, 0.15) is 34.9 Å². The van der Waals surface area contributed by atoms with Gasteiger partial charge >= 0.3 is 5.97 Å². The Balaban J connectivity index is 2.17. The molecule has 0 bridgehead atoms. The molecule has 0 radical (unpaired) electrons. The van der Waals surface area contributed by atoms with E-state index in [1.165, 1.54) is 12.8 Å². The number of hydrogen-bond donors (Lipinski definition) is 1. The van der Waals surface area contributed by atoms with E-state index in [0.29, 0.717) is 11.5 Å². The van der Waals surface area contributed by atoms with Crippen molar-refractivity contribution in [3.05, 3.63) is 35.9 Å². The molecule has 1 aliphatic rings. The van der Waals surface area contributed by atoms with Gasteiger partial charge in [0.05, 0.1) is 17.3 Å². The van der Waals surface area contributed by atoms with E-state index in [-0.39, 0.29) is 0 Å². The summed E-state index contributed by atoms with van der Waals surface area (Å²) < 4.78 is 1.98. The molecule has 76 valence electrons. The summed E-state index contributed by atoms with van der Waals surface area (Å²) in [7, 11) is 0. The van der Waals surface area contributed by atoms with Gasteiger partial charge in [-0.25, -0.2) is 9.78 Å². The minimum atomic E-state index is -0.897. The van der Waals surface area contributed by atoms with Gasteiger partial charge in [0.2, 0.25) is 0 Å². The molecular weight excluding hydrogens is 192 g/mol. The Kier molecular flexibility index (Phi) is 1.59. The van der Waals surface area contributed by atoms with Gasteiger partial charge in [-0.05, 0) is 25.0 Å². The first-order valence-electron chi connectivity index (χ1n) is 4.96. The van der Waals surface area contributed by atoms with Gasteiger partial charge in [-0.3, -0.25) is 0 Å². The summed E-state index contributed by atoms with van der Waals surface area (Å²) in [5, 5.41) is 8.84. The van der Waals surface area contributed by atoms with Crippen LogP contribution in [0.3, 0.4) is 0 Å². The van der Waals surface area contributed by atoms with Gasteiger partial charge < -0.3 is 9.51 Å². The molecule has 0 aromatic carbocycles. The summed E-state index contributed by atoms with van der Waals surface area (Å²) in [6, 6.07) is 3.27. The van der Waals surface area contributed by atoms with Crippen LogP contribution < -0.4 is 0 Å². The number of imidazole rings is 1. The number of aromatic carboxylic acids is 1. The average Bonchev–Trinajstić information content (AvgIpc) is 2.98. The minimum absolute atomic E-state index is 0.310. The molecule has 0 saturated heterocycles. The molecule has 1 aliphatic carbocycles. The molecule has 2 aromatic heterocycles. The number of fused-ring (bicyclic) bond motifs is 1. The molecule has 0 unspecified atom stereocenters. The lowest BCUT2D eigenvalue weighted by Gasteiger charge is -1.99. The molecular formula is C11H10N2O2. The monoisotopic (exact) mass is 202 g/mol. The zero-order valence-corrected chi connectivity index (χ0v) is 8.05. The third-order valence-electron chi connectivity index (χ3n) is 2.75. The van der Waals surface area contributed by atoms with E-state index in [4.69, 9.17) is 5.11 Å². The second kappa shape index (κ2) is 2.82. The zero-order chi connectivity index (χ0) is 10.4. The van der Waals surface area contributed by atoms with E-state index in [2.05, 4.69) is 4.98 Å². The van der Waals surface area contributed by atoms with Crippen molar-refractivity contribution < 1.29 is 9.90 Å². The molecule has 1 N–H and O–H groups in total. The molecule has 2 heterocycles. The fourth-order valence-corrected chi connectivity index (χ4v) is 1.80. The second-order valence-corrected chi connectivity index (χ2v) is 3.91. The van der Waals surface area contributed by atoms with Crippen LogP contribution in [0.15, 0.2) is 24.5 Å². The Bertz CT molecular complexity index is 541. The van der Waals surface area contributed by atoms with Crippen molar-refractivity contribution in [1.29, 1.82) is 0 Å². The van der Waals surface area contributed by atoms with Gasteiger partial charge in [-0.2, -0.15) is 0 Å². The van der Waals surface area contributed by atoms with Gasteiger partial charge in [0, 0.05) is 12.1 Å². The normalized spacial score (nSPS) is 15.7. The molecule has 1 saturated carbocycles. The van der Waals surface area contributed by atoms with Crippen molar-refractivity contribution in [3.8, 4) is 0 Å². The lowest BCUT2D eigenvalue weighted by Crippen LogP contribution is -1.98. The fraction of sp³-hybridized carbons (Fsp3) is 0.273. The van der Waals surface area contributed by atoms with Crippen LogP contribution in [0.5, 0.6) is 0 Å². The lowest BCUT2D eigenvalue weighted by molar-refractivity contribution is 0.0697. The van der Waals surface area contributed by atoms with Crippen LogP contribution in [-0.2, 0) is 0 Å². The highest BCUT2D eigenvalue weighted by atomic mass is 16.4. The maximum atomic E-state index is 10.8. The van der Waals surface area contributed by atoms with Gasteiger partial charge in [0.15, 0.2) is 0 Å². The van der Waals surface area contributed by atoms with Crippen molar-refractivity contribution in [2.45, 2.75) is 18.8 Å². The molecule has 1 fully saturated rings. The van der Waals surface area contributed by atoms with Crippen LogP contribution in [0.25, 0.3) is 5.52 Å². The molecule has 4 heteroatoms. The van der Waals surface area contributed by atoms with Gasteiger partial charge in [0.1, 0.15) is 5.82 Å². The highest BCUT2D eigenvalue weighted by Crippen LogP contribution is 2.39. The summed E-state index contributed by atoms with van der Waals surface area (Å²) in [5.74, 6) is 0.733. The van der Waals surface area contributed by atoms with E-state index < -0.39 is 5.97 Å². The smallest absolute Gasteiger partial charge is 0.335 e. The molecule has 0 aliphatic heterocycles. The van der Waals surface area contributed by atoms with Gasteiger partial charge in [-0.15, -0.1) is 0 Å². The second-order valence-electron chi connectivity index (χ2n) is 3.91. The third kappa shape index (κ3) is 1.29. The summed E-state index contributed by atoms with van der Waals surface area (Å²) in [6.45, 7) is 0. The number of pyridine rings is 1. The molecule has 0 atom stereocenters. The van der Waals surface area contributed by atoms with Crippen molar-refractivity contribution >= 4 is 11.5 Å². The number of carbonyl (C=O) groups is 1. The van der Waals surface area contributed by atoms with Gasteiger partial charge in [0.25, 0.3) is 0 Å². The van der Waals surface area contributed by atoms with Crippen LogP contribution in [0, 0.1) is 0 Å². The largest absolute Gasteiger partial charge is 0.478 e. The van der Waals surface area contributed by atoms with Crippen molar-refractivity contribution in [3.63, 3.8) is 0 Å². The number of aromatic nitrogens is 2. The summed E-state index contributed by atoms with van der Waals surface area (Å²) in [6.07, 6.45) is 5.92. The van der Waals surface area contributed by atoms with E-state index in [9.17, 15) is 4.79 Å². The van der Waals surface area contributed by atoms with E-state index in [0.717, 1.165) is 11.3 Å². The Labute approximate surface area is 86.2 Å². The minimum Gasteiger partial charge on any atom is -0.478 e. The van der Waals surface area contributed by atoms with Crippen LogP contribution in [0.4, 0.5) is 0 Å². The fourth-order valence-electron chi connectivity index (χ4n) is 1.80. The number of carboxylic acids is 1. The zero-order valence-electron chi connectivity index (χ0n) is 8.05. The van der Waals surface area contributed by atoms with Crippen molar-refractivity contribution in [1.82, 2.24) is 9.38 Å². The highest BCUT2D eigenvalue weighted by molar-refractivity contribution is 5.88. The van der Waals surface area contributed by atoms with Crippen LogP contribution in [-0.4, -0.2) is 20.5 Å². The first kappa shape index (κ1) is 8.47. The predicted molar refractivity (Wildman–Crippen MR) is 54.1 cm³/mol. The number of carboxylic acid groups (broad SMARTS) is 1. The average molecular weight is 202 g/mol. The lowest BCUT2D eigenvalue weighted by atomic mass is 10.2. The van der Waals surface area contributed by atoms with Crippen molar-refractivity contribution in [2.24, 2.45) is 0 Å². The standard InChI is InChI=1S/C11H10N2O2/c14-11(15)8-3-4-13-9(5-8)6-12-10(13)7-1-2-7/h3-7H,1-2H2,(H,14,15). The molecule has 0 amide bonds. The predicted octanol–water partition coefficient (Wildman–Crippen LogP) is 1.91. The van der Waals surface area contributed by atoms with Crippen molar-refractivity contribution in [2.75, 3.05) is 0 Å². The first-order chi connectivity index (χ1) is 7.25. The molecule has 15 heavy (non-hydrogen) atoms. The SMILES string of the molecule is O=C(O)c1ccn2c(C3CC3)ncc2c1. The Morgan fingerprint density at radius 1 is 1.53 bits per heavy atom. The van der Waals surface area contributed by atoms with Crippen LogP contribution in [0.2, 0.25) is 0 Å². The number of nitrogens with zero attached hydrogens (tertiary/aromatic N) is 2. The van der Waals surface area contributed by atoms with E-state index in [1.54, 1.807) is 24.5 Å². The maximum Gasteiger partial charge on any atom is 0.335 e. The number of hydrogen-bond acceptors (Lipinski definition) is 2. The Morgan fingerprint density at radius 3 is 3.00 bits per heavy atom. The Morgan fingerprint density at radius 2 is 2.33 bits per heavy atom. The molecule has 3 rings (SSSR count). The quantitative estimate of drug-likeness (QED) is 0.809. The van der Waals surface area contributed by atoms with E-state index >= 15 is 0 Å². The number of rotatable bonds is 2. The molecule has 4 nitrogen and oxygen atoms in total. The van der Waals surface area contributed by atoms with Crippen LogP contribution >= 0.6 is 0 Å².